The first-order valence-corrected chi connectivity index (χ1v) is 13.2. The Morgan fingerprint density at radius 2 is 1.00 bits per heavy atom. The van der Waals surface area contributed by atoms with Crippen LogP contribution in [0.25, 0.3) is 77.0 Å². The van der Waals surface area contributed by atoms with Gasteiger partial charge in [0.25, 0.3) is 0 Å². The Morgan fingerprint density at radius 3 is 1.67 bits per heavy atom. The van der Waals surface area contributed by atoms with Crippen LogP contribution in [0.1, 0.15) is 0 Å². The van der Waals surface area contributed by atoms with Crippen molar-refractivity contribution in [2.24, 2.45) is 0 Å². The van der Waals surface area contributed by atoms with Crippen molar-refractivity contribution in [1.82, 2.24) is 4.98 Å². The molecule has 0 fully saturated rings. The Hall–Kier alpha value is -5.21. The first kappa shape index (κ1) is 21.8. The molecule has 0 bridgehead atoms. The third kappa shape index (κ3) is 3.39. The van der Waals surface area contributed by atoms with E-state index in [1.165, 1.54) is 38.2 Å². The highest BCUT2D eigenvalue weighted by Crippen LogP contribution is 2.43. The number of hydrogen-bond donors (Lipinski definition) is 0. The van der Waals surface area contributed by atoms with Crippen molar-refractivity contribution in [3.8, 4) is 33.5 Å². The van der Waals surface area contributed by atoms with E-state index in [0.717, 1.165) is 38.8 Å². The number of furan rings is 1. The minimum atomic E-state index is 0.895. The Kier molecular flexibility index (Phi) is 4.86. The average Bonchev–Trinajstić information content (AvgIpc) is 3.39. The molecule has 0 amide bonds. The summed E-state index contributed by atoms with van der Waals surface area (Å²) in [6.07, 6.45) is 2.00. The second-order valence-corrected chi connectivity index (χ2v) is 9.92. The van der Waals surface area contributed by atoms with Crippen LogP contribution < -0.4 is 0 Å². The minimum Gasteiger partial charge on any atom is -0.456 e. The monoisotopic (exact) mass is 497 g/mol. The molecule has 2 aromatic heterocycles. The van der Waals surface area contributed by atoms with Gasteiger partial charge in [0.1, 0.15) is 11.2 Å². The second-order valence-electron chi connectivity index (χ2n) is 9.92. The molecule has 8 rings (SSSR count). The van der Waals surface area contributed by atoms with E-state index >= 15 is 0 Å². The second kappa shape index (κ2) is 8.68. The first-order valence-electron chi connectivity index (χ1n) is 13.2. The topological polar surface area (TPSA) is 26.0 Å². The summed E-state index contributed by atoms with van der Waals surface area (Å²) in [5.74, 6) is 0. The molecule has 0 aliphatic rings. The maximum atomic E-state index is 6.13. The summed E-state index contributed by atoms with van der Waals surface area (Å²) in [7, 11) is 0. The molecule has 0 N–H and O–H groups in total. The van der Waals surface area contributed by atoms with E-state index in [2.05, 4.69) is 115 Å². The van der Waals surface area contributed by atoms with Crippen molar-refractivity contribution in [3.05, 3.63) is 140 Å². The van der Waals surface area contributed by atoms with Crippen LogP contribution >= 0.6 is 0 Å². The lowest BCUT2D eigenvalue weighted by Gasteiger charge is -2.17. The molecule has 0 radical (unpaired) electrons. The molecule has 6 aromatic carbocycles. The number of fused-ring (bicyclic) bond motifs is 5. The van der Waals surface area contributed by atoms with Crippen LogP contribution in [-0.2, 0) is 0 Å². The molecular formula is C37H23NO. The summed E-state index contributed by atoms with van der Waals surface area (Å²) in [6.45, 7) is 0. The number of rotatable bonds is 3. The maximum absolute atomic E-state index is 6.13. The van der Waals surface area contributed by atoms with Crippen LogP contribution in [0.3, 0.4) is 0 Å². The summed E-state index contributed by atoms with van der Waals surface area (Å²) in [5.41, 5.74) is 8.62. The van der Waals surface area contributed by atoms with Crippen LogP contribution in [0.2, 0.25) is 0 Å². The van der Waals surface area contributed by atoms with Gasteiger partial charge in [0, 0.05) is 28.1 Å². The zero-order valence-corrected chi connectivity index (χ0v) is 21.1. The molecule has 0 saturated carbocycles. The SMILES string of the molecule is c1ccc(-c2c3ccccc3c(-c3ccc(-c4cccc5oc6ccccc6c45)cn3)c3ccccc23)cc1. The van der Waals surface area contributed by atoms with E-state index < -0.39 is 0 Å². The van der Waals surface area contributed by atoms with Crippen molar-refractivity contribution in [3.63, 3.8) is 0 Å². The fraction of sp³-hybridized carbons (Fsp3) is 0. The van der Waals surface area contributed by atoms with Gasteiger partial charge in [-0.2, -0.15) is 0 Å². The lowest BCUT2D eigenvalue weighted by Crippen LogP contribution is -1.92. The average molecular weight is 498 g/mol. The van der Waals surface area contributed by atoms with Gasteiger partial charge in [0.2, 0.25) is 0 Å². The van der Waals surface area contributed by atoms with Crippen molar-refractivity contribution in [2.75, 3.05) is 0 Å². The molecule has 0 atom stereocenters. The third-order valence-electron chi connectivity index (χ3n) is 7.73. The molecule has 0 unspecified atom stereocenters. The number of para-hydroxylation sites is 1. The number of pyridine rings is 1. The zero-order valence-electron chi connectivity index (χ0n) is 21.1. The Labute approximate surface area is 225 Å². The van der Waals surface area contributed by atoms with Gasteiger partial charge < -0.3 is 4.42 Å². The molecule has 0 saturated heterocycles. The van der Waals surface area contributed by atoms with Gasteiger partial charge in [-0.1, -0.05) is 115 Å². The van der Waals surface area contributed by atoms with Gasteiger partial charge in [0.05, 0.1) is 5.69 Å². The van der Waals surface area contributed by atoms with E-state index in [0.29, 0.717) is 0 Å². The normalized spacial score (nSPS) is 11.6. The summed E-state index contributed by atoms with van der Waals surface area (Å²) in [4.78, 5) is 5.07. The molecule has 0 spiro atoms. The summed E-state index contributed by atoms with van der Waals surface area (Å²) >= 11 is 0. The maximum Gasteiger partial charge on any atom is 0.136 e. The highest BCUT2D eigenvalue weighted by Gasteiger charge is 2.18. The van der Waals surface area contributed by atoms with E-state index in [9.17, 15) is 0 Å². The highest BCUT2D eigenvalue weighted by molar-refractivity contribution is 6.21. The van der Waals surface area contributed by atoms with Gasteiger partial charge >= 0.3 is 0 Å². The van der Waals surface area contributed by atoms with Gasteiger partial charge in [-0.25, -0.2) is 0 Å². The molecule has 0 aliphatic heterocycles. The standard InChI is InChI=1S/C37H23NO/c1-2-11-24(12-3-1)35-27-13-4-6-15-29(27)36(30-16-7-5-14-28(30)35)32-22-21-25(23-38-32)26-18-10-20-34-37(26)31-17-8-9-19-33(31)39-34/h1-23H. The summed E-state index contributed by atoms with van der Waals surface area (Å²) in [5, 5.41) is 7.14. The molecule has 39 heavy (non-hydrogen) atoms. The molecule has 182 valence electrons. The Balaban J connectivity index is 1.36. The fourth-order valence-electron chi connectivity index (χ4n) is 6.04. The van der Waals surface area contributed by atoms with Gasteiger partial charge in [0.15, 0.2) is 0 Å². The fourth-order valence-corrected chi connectivity index (χ4v) is 6.04. The van der Waals surface area contributed by atoms with Gasteiger partial charge in [-0.05, 0) is 56.4 Å². The molecule has 2 nitrogen and oxygen atoms in total. The molecule has 8 aromatic rings. The number of hydrogen-bond acceptors (Lipinski definition) is 2. The molecule has 2 heterocycles. The number of benzene rings is 6. The summed E-state index contributed by atoms with van der Waals surface area (Å²) in [6, 6.07) is 46.9. The van der Waals surface area contributed by atoms with Crippen LogP contribution in [0.5, 0.6) is 0 Å². The number of nitrogens with zero attached hydrogens (tertiary/aromatic N) is 1. The Morgan fingerprint density at radius 1 is 0.410 bits per heavy atom. The van der Waals surface area contributed by atoms with Crippen LogP contribution in [0, 0.1) is 0 Å². The quantitative estimate of drug-likeness (QED) is 0.227. The van der Waals surface area contributed by atoms with Crippen molar-refractivity contribution in [1.29, 1.82) is 0 Å². The van der Waals surface area contributed by atoms with Gasteiger partial charge in [-0.3, -0.25) is 4.98 Å². The molecule has 0 aliphatic carbocycles. The smallest absolute Gasteiger partial charge is 0.136 e. The molecular weight excluding hydrogens is 474 g/mol. The lowest BCUT2D eigenvalue weighted by molar-refractivity contribution is 0.669. The Bertz CT molecular complexity index is 2100. The number of aromatic nitrogens is 1. The van der Waals surface area contributed by atoms with E-state index in [1.54, 1.807) is 0 Å². The lowest BCUT2D eigenvalue weighted by atomic mass is 9.87. The largest absolute Gasteiger partial charge is 0.456 e. The van der Waals surface area contributed by atoms with Crippen LogP contribution in [0.15, 0.2) is 144 Å². The van der Waals surface area contributed by atoms with E-state index in [4.69, 9.17) is 9.40 Å². The van der Waals surface area contributed by atoms with Crippen LogP contribution in [-0.4, -0.2) is 4.98 Å². The molecule has 2 heteroatoms. The van der Waals surface area contributed by atoms with Crippen LogP contribution in [0.4, 0.5) is 0 Å². The highest BCUT2D eigenvalue weighted by atomic mass is 16.3. The van der Waals surface area contributed by atoms with Gasteiger partial charge in [-0.15, -0.1) is 0 Å². The van der Waals surface area contributed by atoms with E-state index in [1.807, 2.05) is 24.4 Å². The van der Waals surface area contributed by atoms with Crippen molar-refractivity contribution >= 4 is 43.5 Å². The summed E-state index contributed by atoms with van der Waals surface area (Å²) < 4.78 is 6.13. The van der Waals surface area contributed by atoms with E-state index in [-0.39, 0.29) is 0 Å². The van der Waals surface area contributed by atoms with Crippen molar-refractivity contribution in [2.45, 2.75) is 0 Å². The predicted octanol–water partition coefficient (Wildman–Crippen LogP) is 10.3. The third-order valence-corrected chi connectivity index (χ3v) is 7.73. The van der Waals surface area contributed by atoms with Crippen molar-refractivity contribution < 1.29 is 4.42 Å². The minimum absolute atomic E-state index is 0.895. The first-order chi connectivity index (χ1) is 19.4. The zero-order chi connectivity index (χ0) is 25.8. The predicted molar refractivity (Wildman–Crippen MR) is 163 cm³/mol.